The molecular weight excluding hydrogens is 436 g/mol. The van der Waals surface area contributed by atoms with E-state index in [0.29, 0.717) is 5.69 Å². The predicted molar refractivity (Wildman–Crippen MR) is 123 cm³/mol. The highest BCUT2D eigenvalue weighted by molar-refractivity contribution is 6.24. The van der Waals surface area contributed by atoms with E-state index >= 15 is 0 Å². The molecule has 5 atom stereocenters. The van der Waals surface area contributed by atoms with E-state index in [2.05, 4.69) is 0 Å². The third-order valence-corrected chi connectivity index (χ3v) is 6.52. The monoisotopic (exact) mass is 464 g/mol. The molecule has 178 valence electrons. The molecule has 0 unspecified atom stereocenters. The molecule has 0 aromatic heterocycles. The molecule has 0 spiro atoms. The largest absolute Gasteiger partial charge is 0.465 e. The van der Waals surface area contributed by atoms with Gasteiger partial charge in [0.05, 0.1) is 30.7 Å². The molecule has 0 radical (unpaired) electrons. The van der Waals surface area contributed by atoms with Crippen molar-refractivity contribution >= 4 is 29.4 Å². The summed E-state index contributed by atoms with van der Waals surface area (Å²) in [5.74, 6) is -4.43. The van der Waals surface area contributed by atoms with E-state index in [-0.39, 0.29) is 13.2 Å². The quantitative estimate of drug-likeness (QED) is 0.459. The van der Waals surface area contributed by atoms with Gasteiger partial charge >= 0.3 is 11.9 Å². The fourth-order valence-electron chi connectivity index (χ4n) is 5.13. The van der Waals surface area contributed by atoms with Gasteiger partial charge in [0.2, 0.25) is 11.8 Å². The van der Waals surface area contributed by atoms with Crippen molar-refractivity contribution in [1.82, 2.24) is 4.90 Å². The average Bonchev–Trinajstić information content (AvgIpc) is 3.33. The topological polar surface area (TPSA) is 93.2 Å². The zero-order chi connectivity index (χ0) is 24.4. The number of ether oxygens (including phenoxy) is 2. The van der Waals surface area contributed by atoms with Crippen molar-refractivity contribution in [1.29, 1.82) is 0 Å². The molecule has 2 fully saturated rings. The Balaban J connectivity index is 1.85. The second-order valence-corrected chi connectivity index (χ2v) is 8.33. The second kappa shape index (κ2) is 9.77. The summed E-state index contributed by atoms with van der Waals surface area (Å²) in [4.78, 5) is 56.6. The molecule has 2 heterocycles. The number of imide groups is 1. The van der Waals surface area contributed by atoms with E-state index in [1.165, 1.54) is 0 Å². The van der Waals surface area contributed by atoms with Gasteiger partial charge in [0.1, 0.15) is 12.1 Å². The minimum absolute atomic E-state index is 0.106. The number of anilines is 1. The Morgan fingerprint density at radius 2 is 1.24 bits per heavy atom. The molecule has 4 rings (SSSR count). The Bertz CT molecular complexity index is 1030. The van der Waals surface area contributed by atoms with Gasteiger partial charge < -0.3 is 9.47 Å². The molecule has 8 heteroatoms. The number of likely N-dealkylation sites (tertiary alicyclic amines) is 1. The van der Waals surface area contributed by atoms with Gasteiger partial charge in [0, 0.05) is 6.04 Å². The highest BCUT2D eigenvalue weighted by Crippen LogP contribution is 2.48. The lowest BCUT2D eigenvalue weighted by molar-refractivity contribution is -0.158. The summed E-state index contributed by atoms with van der Waals surface area (Å²) in [5, 5.41) is 0. The maximum Gasteiger partial charge on any atom is 0.324 e. The van der Waals surface area contributed by atoms with E-state index in [0.717, 1.165) is 10.5 Å². The first kappa shape index (κ1) is 23.6. The minimum atomic E-state index is -1.11. The average molecular weight is 465 g/mol. The van der Waals surface area contributed by atoms with Gasteiger partial charge in [0.15, 0.2) is 0 Å². The molecule has 0 saturated carbocycles. The fourth-order valence-corrected chi connectivity index (χ4v) is 5.13. The molecule has 2 amide bonds. The van der Waals surface area contributed by atoms with Gasteiger partial charge in [-0.1, -0.05) is 48.5 Å². The minimum Gasteiger partial charge on any atom is -0.465 e. The number of fused-ring (bicyclic) bond motifs is 1. The van der Waals surface area contributed by atoms with Gasteiger partial charge in [-0.3, -0.25) is 24.1 Å². The molecular formula is C26H28N2O6. The highest BCUT2D eigenvalue weighted by atomic mass is 16.5. The maximum atomic E-state index is 13.7. The SMILES string of the molecule is CCOC(=O)[C@H]1[C@@H]2C(=O)N(c3ccccc3)C(=O)[C@@H]2[C@H](C(=O)OCC)N1[C@H](C)c1ccccc1. The number of carbonyl (C=O) groups is 4. The van der Waals surface area contributed by atoms with Crippen LogP contribution in [0.15, 0.2) is 60.7 Å². The highest BCUT2D eigenvalue weighted by Gasteiger charge is 2.67. The third-order valence-electron chi connectivity index (χ3n) is 6.52. The molecule has 2 aromatic rings. The zero-order valence-electron chi connectivity index (χ0n) is 19.4. The van der Waals surface area contributed by atoms with E-state index in [1.807, 2.05) is 37.3 Å². The van der Waals surface area contributed by atoms with Crippen molar-refractivity contribution in [2.45, 2.75) is 38.9 Å². The van der Waals surface area contributed by atoms with Crippen LogP contribution in [-0.4, -0.2) is 54.0 Å². The van der Waals surface area contributed by atoms with Crippen molar-refractivity contribution < 1.29 is 28.7 Å². The summed E-state index contributed by atoms with van der Waals surface area (Å²) in [5.41, 5.74) is 1.24. The number of rotatable bonds is 7. The zero-order valence-corrected chi connectivity index (χ0v) is 19.4. The Morgan fingerprint density at radius 1 is 0.794 bits per heavy atom. The Hall–Kier alpha value is -3.52. The first-order valence-electron chi connectivity index (χ1n) is 11.5. The molecule has 0 aliphatic carbocycles. The van der Waals surface area contributed by atoms with Crippen molar-refractivity contribution in [3.63, 3.8) is 0 Å². The first-order chi connectivity index (χ1) is 16.4. The van der Waals surface area contributed by atoms with Crippen LogP contribution in [0.2, 0.25) is 0 Å². The molecule has 2 aromatic carbocycles. The van der Waals surface area contributed by atoms with Gasteiger partial charge in [-0.25, -0.2) is 4.90 Å². The Morgan fingerprint density at radius 3 is 1.68 bits per heavy atom. The van der Waals surface area contributed by atoms with Crippen LogP contribution in [0.4, 0.5) is 5.69 Å². The predicted octanol–water partition coefficient (Wildman–Crippen LogP) is 2.73. The molecule has 8 nitrogen and oxygen atoms in total. The van der Waals surface area contributed by atoms with Crippen molar-refractivity contribution in [2.75, 3.05) is 18.1 Å². The second-order valence-electron chi connectivity index (χ2n) is 8.33. The molecule has 2 aliphatic heterocycles. The normalized spacial score (nSPS) is 25.2. The number of nitrogens with zero attached hydrogens (tertiary/aromatic N) is 2. The first-order valence-corrected chi connectivity index (χ1v) is 11.5. The fraction of sp³-hybridized carbons (Fsp3) is 0.385. The number of hydrogen-bond acceptors (Lipinski definition) is 7. The molecule has 0 bridgehead atoms. The van der Waals surface area contributed by atoms with Crippen molar-refractivity contribution in [3.05, 3.63) is 66.2 Å². The molecule has 34 heavy (non-hydrogen) atoms. The summed E-state index contributed by atoms with van der Waals surface area (Å²) < 4.78 is 10.7. The van der Waals surface area contributed by atoms with Crippen LogP contribution >= 0.6 is 0 Å². The lowest BCUT2D eigenvalue weighted by atomic mass is 9.89. The summed E-state index contributed by atoms with van der Waals surface area (Å²) in [6, 6.07) is 15.2. The molecule has 2 aliphatic rings. The van der Waals surface area contributed by atoms with Crippen LogP contribution in [0.25, 0.3) is 0 Å². The Labute approximate surface area is 198 Å². The molecule has 0 N–H and O–H groups in total. The number of carbonyl (C=O) groups excluding carboxylic acids is 4. The lowest BCUT2D eigenvalue weighted by Crippen LogP contribution is -2.52. The smallest absolute Gasteiger partial charge is 0.324 e. The number of esters is 2. The van der Waals surface area contributed by atoms with Crippen LogP contribution in [-0.2, 0) is 28.7 Å². The number of hydrogen-bond donors (Lipinski definition) is 0. The summed E-state index contributed by atoms with van der Waals surface area (Å²) in [6.07, 6.45) is 0. The van der Waals surface area contributed by atoms with Gasteiger partial charge in [-0.05, 0) is 38.5 Å². The van der Waals surface area contributed by atoms with Crippen molar-refractivity contribution in [3.8, 4) is 0 Å². The standard InChI is InChI=1S/C26H28N2O6/c1-4-33-25(31)21-19-20(24(30)28(23(19)29)18-14-10-7-11-15-18)22(26(32)34-5-2)27(21)16(3)17-12-8-6-9-13-17/h6-16,19-22H,4-5H2,1-3H3/t16-,19-,20+,21-,22-/m1/s1. The van der Waals surface area contributed by atoms with Crippen molar-refractivity contribution in [2.24, 2.45) is 11.8 Å². The van der Waals surface area contributed by atoms with E-state index in [9.17, 15) is 19.2 Å². The number of para-hydroxylation sites is 1. The Kier molecular flexibility index (Phi) is 6.79. The van der Waals surface area contributed by atoms with Gasteiger partial charge in [-0.15, -0.1) is 0 Å². The van der Waals surface area contributed by atoms with Crippen LogP contribution in [0, 0.1) is 11.8 Å². The van der Waals surface area contributed by atoms with E-state index in [4.69, 9.17) is 9.47 Å². The van der Waals surface area contributed by atoms with Crippen LogP contribution < -0.4 is 4.90 Å². The summed E-state index contributed by atoms with van der Waals surface area (Å²) in [7, 11) is 0. The maximum absolute atomic E-state index is 13.7. The number of amides is 2. The van der Waals surface area contributed by atoms with Crippen LogP contribution in [0.3, 0.4) is 0 Å². The summed E-state index contributed by atoms with van der Waals surface area (Å²) >= 11 is 0. The molecule has 2 saturated heterocycles. The van der Waals surface area contributed by atoms with E-state index < -0.39 is 53.7 Å². The van der Waals surface area contributed by atoms with Gasteiger partial charge in [0.25, 0.3) is 0 Å². The van der Waals surface area contributed by atoms with Gasteiger partial charge in [-0.2, -0.15) is 0 Å². The summed E-state index contributed by atoms with van der Waals surface area (Å²) in [6.45, 7) is 5.41. The lowest BCUT2D eigenvalue weighted by Gasteiger charge is -2.35. The number of benzene rings is 2. The van der Waals surface area contributed by atoms with Crippen LogP contribution in [0.1, 0.15) is 32.4 Å². The third kappa shape index (κ3) is 3.88. The van der Waals surface area contributed by atoms with Crippen LogP contribution in [0.5, 0.6) is 0 Å². The van der Waals surface area contributed by atoms with E-state index in [1.54, 1.807) is 49.1 Å².